The summed E-state index contributed by atoms with van der Waals surface area (Å²) in [5, 5.41) is 1.50. The third kappa shape index (κ3) is 3.24. The van der Waals surface area contributed by atoms with Gasteiger partial charge < -0.3 is 0 Å². The molecular formula is C23H23F6N3O. The molecular weight excluding hydrogens is 448 g/mol. The minimum Gasteiger partial charge on any atom is -0.272 e. The average molecular weight is 471 g/mol. The Labute approximate surface area is 186 Å². The predicted molar refractivity (Wildman–Crippen MR) is 109 cm³/mol. The van der Waals surface area contributed by atoms with Crippen molar-refractivity contribution in [2.24, 2.45) is 28.5 Å². The number of amides is 1. The van der Waals surface area contributed by atoms with Crippen LogP contribution in [0.3, 0.4) is 0 Å². The molecule has 2 N–H and O–H groups in total. The van der Waals surface area contributed by atoms with Gasteiger partial charge in [-0.3, -0.25) is 9.78 Å². The van der Waals surface area contributed by atoms with E-state index in [0.29, 0.717) is 23.0 Å². The maximum atomic E-state index is 15.2. The SMILES string of the molecule is NN(C(=O)C12CC3CC(C1)CC(C(F)(F)C(F)C(F)(F)F)(C3)C2)c1cccc2ncccc12. The van der Waals surface area contributed by atoms with E-state index in [2.05, 4.69) is 4.98 Å². The highest BCUT2D eigenvalue weighted by Crippen LogP contribution is 2.70. The molecule has 6 rings (SSSR count). The fourth-order valence-electron chi connectivity index (χ4n) is 7.04. The molecule has 33 heavy (non-hydrogen) atoms. The normalized spacial score (nSPS) is 32.2. The number of fused-ring (bicyclic) bond motifs is 1. The van der Waals surface area contributed by atoms with Crippen LogP contribution in [0, 0.1) is 22.7 Å². The number of alkyl halides is 6. The van der Waals surface area contributed by atoms with Gasteiger partial charge in [-0.05, 0) is 74.6 Å². The Morgan fingerprint density at radius 2 is 1.73 bits per heavy atom. The van der Waals surface area contributed by atoms with Crippen molar-refractivity contribution in [2.45, 2.75) is 56.8 Å². The minimum absolute atomic E-state index is 0.217. The molecule has 0 spiro atoms. The van der Waals surface area contributed by atoms with E-state index in [-0.39, 0.29) is 37.5 Å². The van der Waals surface area contributed by atoms with Crippen LogP contribution in [0.1, 0.15) is 38.5 Å². The first kappa shape index (κ1) is 22.4. The second kappa shape index (κ2) is 7.07. The summed E-state index contributed by atoms with van der Waals surface area (Å²) in [5.74, 6) is 0.236. The Bertz CT molecular complexity index is 1080. The number of benzene rings is 1. The Morgan fingerprint density at radius 3 is 2.36 bits per heavy atom. The van der Waals surface area contributed by atoms with E-state index < -0.39 is 41.4 Å². The van der Waals surface area contributed by atoms with E-state index in [1.807, 2.05) is 0 Å². The molecule has 0 radical (unpaired) electrons. The highest BCUT2D eigenvalue weighted by molar-refractivity contribution is 6.04. The largest absolute Gasteiger partial charge is 0.425 e. The average Bonchev–Trinajstić information content (AvgIpc) is 2.75. The van der Waals surface area contributed by atoms with Crippen LogP contribution in [0.5, 0.6) is 0 Å². The molecule has 3 unspecified atom stereocenters. The Balaban J connectivity index is 1.53. The van der Waals surface area contributed by atoms with Crippen molar-refractivity contribution >= 4 is 22.5 Å². The number of anilines is 1. The molecule has 10 heteroatoms. The fourth-order valence-corrected chi connectivity index (χ4v) is 7.04. The van der Waals surface area contributed by atoms with E-state index >= 15 is 8.78 Å². The van der Waals surface area contributed by atoms with Crippen molar-refractivity contribution in [1.82, 2.24) is 4.98 Å². The molecule has 0 aliphatic heterocycles. The topological polar surface area (TPSA) is 59.2 Å². The van der Waals surface area contributed by atoms with Gasteiger partial charge in [0.05, 0.1) is 16.6 Å². The van der Waals surface area contributed by atoms with Crippen molar-refractivity contribution in [3.8, 4) is 0 Å². The second-order valence-electron chi connectivity index (χ2n) is 10.1. The van der Waals surface area contributed by atoms with Gasteiger partial charge in [0.1, 0.15) is 0 Å². The van der Waals surface area contributed by atoms with E-state index in [1.165, 1.54) is 0 Å². The van der Waals surface area contributed by atoms with Crippen LogP contribution in [0.4, 0.5) is 32.0 Å². The number of halogens is 6. The predicted octanol–water partition coefficient (Wildman–Crippen LogP) is 5.56. The van der Waals surface area contributed by atoms with E-state index in [9.17, 15) is 22.4 Å². The van der Waals surface area contributed by atoms with Crippen LogP contribution in [-0.4, -0.2) is 29.2 Å². The Morgan fingerprint density at radius 1 is 1.06 bits per heavy atom. The smallest absolute Gasteiger partial charge is 0.272 e. The highest BCUT2D eigenvalue weighted by Gasteiger charge is 2.74. The number of hydrogen-bond donors (Lipinski definition) is 1. The van der Waals surface area contributed by atoms with Crippen LogP contribution in [0.25, 0.3) is 10.9 Å². The molecule has 178 valence electrons. The summed E-state index contributed by atoms with van der Waals surface area (Å²) in [6, 6.07) is 8.38. The zero-order valence-electron chi connectivity index (χ0n) is 17.6. The van der Waals surface area contributed by atoms with Crippen molar-refractivity contribution in [1.29, 1.82) is 0 Å². The molecule has 2 aromatic rings. The second-order valence-corrected chi connectivity index (χ2v) is 10.1. The molecule has 0 saturated heterocycles. The number of hydrazine groups is 1. The van der Waals surface area contributed by atoms with Crippen LogP contribution in [-0.2, 0) is 4.79 Å². The van der Waals surface area contributed by atoms with Gasteiger partial charge >= 0.3 is 6.18 Å². The van der Waals surface area contributed by atoms with Gasteiger partial charge in [-0.2, -0.15) is 13.2 Å². The first-order valence-electron chi connectivity index (χ1n) is 10.9. The number of nitrogens with two attached hydrogens (primary N) is 1. The van der Waals surface area contributed by atoms with E-state index in [1.54, 1.807) is 36.5 Å². The molecule has 1 heterocycles. The number of carbonyl (C=O) groups excluding carboxylic acids is 1. The quantitative estimate of drug-likeness (QED) is 0.275. The molecule has 4 fully saturated rings. The molecule has 4 aliphatic carbocycles. The first-order valence-corrected chi connectivity index (χ1v) is 10.9. The minimum atomic E-state index is -5.68. The van der Waals surface area contributed by atoms with Gasteiger partial charge in [0, 0.05) is 17.0 Å². The van der Waals surface area contributed by atoms with Crippen molar-refractivity contribution in [3.05, 3.63) is 36.5 Å². The van der Waals surface area contributed by atoms with Crippen molar-refractivity contribution < 1.29 is 31.1 Å². The van der Waals surface area contributed by atoms with Gasteiger partial charge in [0.25, 0.3) is 12.1 Å². The molecule has 4 aliphatic rings. The molecule has 1 aromatic heterocycles. The summed E-state index contributed by atoms with van der Waals surface area (Å²) in [6.45, 7) is 0. The summed E-state index contributed by atoms with van der Waals surface area (Å²) < 4.78 is 83.5. The van der Waals surface area contributed by atoms with Crippen LogP contribution in [0.15, 0.2) is 36.5 Å². The summed E-state index contributed by atoms with van der Waals surface area (Å²) in [5.41, 5.74) is -2.65. The number of pyridine rings is 1. The van der Waals surface area contributed by atoms with Crippen molar-refractivity contribution in [3.63, 3.8) is 0 Å². The third-order valence-electron chi connectivity index (χ3n) is 7.93. The van der Waals surface area contributed by atoms with Crippen LogP contribution < -0.4 is 10.9 Å². The number of carbonyl (C=O) groups is 1. The zero-order valence-corrected chi connectivity index (χ0v) is 17.6. The lowest BCUT2D eigenvalue weighted by Crippen LogP contribution is -2.66. The van der Waals surface area contributed by atoms with Gasteiger partial charge in [0.15, 0.2) is 0 Å². The molecule has 1 amide bonds. The van der Waals surface area contributed by atoms with Gasteiger partial charge in [-0.1, -0.05) is 6.07 Å². The van der Waals surface area contributed by atoms with Gasteiger partial charge in [-0.25, -0.2) is 24.0 Å². The molecule has 4 bridgehead atoms. The summed E-state index contributed by atoms with van der Waals surface area (Å²) in [7, 11) is 0. The fraction of sp³-hybridized carbons (Fsp3) is 0.565. The number of aromatic nitrogens is 1. The molecule has 3 atom stereocenters. The summed E-state index contributed by atoms with van der Waals surface area (Å²) in [4.78, 5) is 17.9. The third-order valence-corrected chi connectivity index (χ3v) is 7.93. The standard InChI is InChI=1S/C23H23F6N3O/c24-18(23(27,28)29)22(25,26)21-10-13-7-14(11-21)9-20(8-13,12-21)19(33)32(30)17-5-1-4-16-15(17)3-2-6-31-16/h1-6,13-14,18H,7-12,30H2. The van der Waals surface area contributed by atoms with Gasteiger partial charge in [0.2, 0.25) is 5.91 Å². The van der Waals surface area contributed by atoms with E-state index in [0.717, 1.165) is 5.01 Å². The maximum absolute atomic E-state index is 15.2. The molecule has 4 nitrogen and oxygen atoms in total. The summed E-state index contributed by atoms with van der Waals surface area (Å²) in [6.07, 6.45) is -8.24. The lowest BCUT2D eigenvalue weighted by atomic mass is 9.42. The lowest BCUT2D eigenvalue weighted by molar-refractivity contribution is -0.305. The van der Waals surface area contributed by atoms with Crippen LogP contribution in [0.2, 0.25) is 0 Å². The summed E-state index contributed by atoms with van der Waals surface area (Å²) >= 11 is 0. The number of nitrogens with zero attached hydrogens (tertiary/aromatic N) is 2. The highest BCUT2D eigenvalue weighted by atomic mass is 19.4. The maximum Gasteiger partial charge on any atom is 0.425 e. The molecule has 4 saturated carbocycles. The Kier molecular flexibility index (Phi) is 4.81. The first-order chi connectivity index (χ1) is 15.4. The van der Waals surface area contributed by atoms with Gasteiger partial charge in [-0.15, -0.1) is 0 Å². The monoisotopic (exact) mass is 471 g/mol. The van der Waals surface area contributed by atoms with Crippen molar-refractivity contribution in [2.75, 3.05) is 5.01 Å². The van der Waals surface area contributed by atoms with E-state index in [4.69, 9.17) is 5.84 Å². The van der Waals surface area contributed by atoms with Crippen LogP contribution >= 0.6 is 0 Å². The number of hydrogen-bond acceptors (Lipinski definition) is 3. The lowest BCUT2D eigenvalue weighted by Gasteiger charge is -2.63. The zero-order chi connectivity index (χ0) is 23.8. The Hall–Kier alpha value is -2.36. The number of rotatable bonds is 4. The molecule has 1 aromatic carbocycles.